The highest BCUT2D eigenvalue weighted by Crippen LogP contribution is 2.30. The number of nitrogens with one attached hydrogen (secondary N) is 1. The van der Waals surface area contributed by atoms with Gasteiger partial charge in [-0.05, 0) is 25.5 Å². The van der Waals surface area contributed by atoms with Gasteiger partial charge in [0.2, 0.25) is 0 Å². The maximum Gasteiger partial charge on any atom is 0.183 e. The van der Waals surface area contributed by atoms with Gasteiger partial charge < -0.3 is 5.32 Å². The molecule has 0 unspecified atom stereocenters. The Bertz CT molecular complexity index is 431. The third kappa shape index (κ3) is 2.58. The van der Waals surface area contributed by atoms with Crippen LogP contribution in [0, 0.1) is 6.92 Å². The molecule has 2 rings (SSSR count). The molecule has 2 nitrogen and oxygen atoms in total. The van der Waals surface area contributed by atoms with Crippen molar-refractivity contribution in [3.63, 3.8) is 0 Å². The van der Waals surface area contributed by atoms with Crippen molar-refractivity contribution >= 4 is 27.8 Å². The molecule has 0 aliphatic carbocycles. The zero-order chi connectivity index (χ0) is 10.7. The first-order valence-electron chi connectivity index (χ1n) is 5.06. The molecule has 0 radical (unpaired) electrons. The molecule has 2 aromatic heterocycles. The Morgan fingerprint density at radius 1 is 1.40 bits per heavy atom. The summed E-state index contributed by atoms with van der Waals surface area (Å²) < 4.78 is 0. The SMILES string of the molecule is CCCNc1nc(-c2ccc(C)s2)cs1. The minimum absolute atomic E-state index is 0.996. The second-order valence-electron chi connectivity index (χ2n) is 3.37. The van der Waals surface area contributed by atoms with Gasteiger partial charge >= 0.3 is 0 Å². The fourth-order valence-corrected chi connectivity index (χ4v) is 2.91. The predicted molar refractivity (Wildman–Crippen MR) is 68.9 cm³/mol. The van der Waals surface area contributed by atoms with Crippen LogP contribution in [0.15, 0.2) is 17.5 Å². The maximum atomic E-state index is 4.55. The molecule has 2 heterocycles. The molecule has 0 spiro atoms. The van der Waals surface area contributed by atoms with Gasteiger partial charge in [-0.2, -0.15) is 0 Å². The molecule has 0 aliphatic heterocycles. The van der Waals surface area contributed by atoms with Gasteiger partial charge in [0.1, 0.15) is 0 Å². The Kier molecular flexibility index (Phi) is 3.38. The fourth-order valence-electron chi connectivity index (χ4n) is 1.27. The van der Waals surface area contributed by atoms with Crippen LogP contribution in [0.1, 0.15) is 18.2 Å². The number of aryl methyl sites for hydroxylation is 1. The Morgan fingerprint density at radius 3 is 2.93 bits per heavy atom. The topological polar surface area (TPSA) is 24.9 Å². The number of anilines is 1. The molecule has 2 aromatic rings. The van der Waals surface area contributed by atoms with Crippen LogP contribution in [-0.2, 0) is 0 Å². The predicted octanol–water partition coefficient (Wildman–Crippen LogP) is 4.00. The molecule has 0 atom stereocenters. The molecular formula is C11H14N2S2. The van der Waals surface area contributed by atoms with Crippen LogP contribution in [0.3, 0.4) is 0 Å². The molecule has 0 aromatic carbocycles. The van der Waals surface area contributed by atoms with Crippen molar-refractivity contribution in [2.75, 3.05) is 11.9 Å². The average Bonchev–Trinajstić information content (AvgIpc) is 2.83. The highest BCUT2D eigenvalue weighted by atomic mass is 32.1. The minimum atomic E-state index is 0.996. The number of thiazole rings is 1. The van der Waals surface area contributed by atoms with E-state index >= 15 is 0 Å². The lowest BCUT2D eigenvalue weighted by molar-refractivity contribution is 0.976. The molecule has 0 amide bonds. The van der Waals surface area contributed by atoms with E-state index in [1.54, 1.807) is 22.7 Å². The van der Waals surface area contributed by atoms with Crippen molar-refractivity contribution in [1.29, 1.82) is 0 Å². The van der Waals surface area contributed by atoms with Crippen LogP contribution in [0.25, 0.3) is 10.6 Å². The molecule has 80 valence electrons. The lowest BCUT2D eigenvalue weighted by Gasteiger charge is -1.96. The zero-order valence-electron chi connectivity index (χ0n) is 8.91. The van der Waals surface area contributed by atoms with E-state index in [0.29, 0.717) is 0 Å². The molecule has 0 bridgehead atoms. The summed E-state index contributed by atoms with van der Waals surface area (Å²) in [5.41, 5.74) is 1.09. The fraction of sp³-hybridized carbons (Fsp3) is 0.364. The van der Waals surface area contributed by atoms with Gasteiger partial charge in [0.05, 0.1) is 10.6 Å². The summed E-state index contributed by atoms with van der Waals surface area (Å²) in [6.45, 7) is 5.28. The second kappa shape index (κ2) is 4.77. The van der Waals surface area contributed by atoms with Crippen LogP contribution >= 0.6 is 22.7 Å². The summed E-state index contributed by atoms with van der Waals surface area (Å²) in [6, 6.07) is 4.27. The highest BCUT2D eigenvalue weighted by Gasteiger charge is 2.05. The summed E-state index contributed by atoms with van der Waals surface area (Å²) in [5, 5.41) is 6.44. The number of hydrogen-bond acceptors (Lipinski definition) is 4. The van der Waals surface area contributed by atoms with Crippen LogP contribution in [0.5, 0.6) is 0 Å². The van der Waals surface area contributed by atoms with Crippen LogP contribution < -0.4 is 5.32 Å². The smallest absolute Gasteiger partial charge is 0.183 e. The van der Waals surface area contributed by atoms with Crippen molar-refractivity contribution in [2.45, 2.75) is 20.3 Å². The third-order valence-electron chi connectivity index (χ3n) is 2.02. The summed E-state index contributed by atoms with van der Waals surface area (Å²) in [4.78, 5) is 7.14. The van der Waals surface area contributed by atoms with Gasteiger partial charge in [-0.15, -0.1) is 22.7 Å². The molecule has 0 fully saturated rings. The van der Waals surface area contributed by atoms with Crippen molar-refractivity contribution < 1.29 is 0 Å². The maximum absolute atomic E-state index is 4.55. The van der Waals surface area contributed by atoms with E-state index in [4.69, 9.17) is 0 Å². The first-order chi connectivity index (χ1) is 7.29. The number of aromatic nitrogens is 1. The Morgan fingerprint density at radius 2 is 2.27 bits per heavy atom. The van der Waals surface area contributed by atoms with Gasteiger partial charge in [0.15, 0.2) is 5.13 Å². The molecule has 15 heavy (non-hydrogen) atoms. The van der Waals surface area contributed by atoms with Crippen molar-refractivity contribution in [3.8, 4) is 10.6 Å². The van der Waals surface area contributed by atoms with Gasteiger partial charge in [-0.1, -0.05) is 6.92 Å². The Balaban J connectivity index is 2.13. The Hall–Kier alpha value is -0.870. The Labute approximate surface area is 98.0 Å². The number of nitrogens with zero attached hydrogens (tertiary/aromatic N) is 1. The van der Waals surface area contributed by atoms with Crippen LogP contribution in [0.4, 0.5) is 5.13 Å². The third-order valence-corrected chi connectivity index (χ3v) is 3.85. The lowest BCUT2D eigenvalue weighted by Crippen LogP contribution is -1.98. The first kappa shape index (κ1) is 10.6. The quantitative estimate of drug-likeness (QED) is 0.870. The van der Waals surface area contributed by atoms with E-state index < -0.39 is 0 Å². The van der Waals surface area contributed by atoms with Gasteiger partial charge in [-0.25, -0.2) is 4.98 Å². The van der Waals surface area contributed by atoms with Gasteiger partial charge in [0, 0.05) is 16.8 Å². The van der Waals surface area contributed by atoms with E-state index in [0.717, 1.165) is 23.8 Å². The van der Waals surface area contributed by atoms with Crippen LogP contribution in [0.2, 0.25) is 0 Å². The molecule has 0 saturated carbocycles. The monoisotopic (exact) mass is 238 g/mol. The van der Waals surface area contributed by atoms with E-state index in [1.165, 1.54) is 9.75 Å². The summed E-state index contributed by atoms with van der Waals surface area (Å²) >= 11 is 3.47. The normalized spacial score (nSPS) is 10.5. The zero-order valence-corrected chi connectivity index (χ0v) is 10.5. The average molecular weight is 238 g/mol. The second-order valence-corrected chi connectivity index (χ2v) is 5.52. The lowest BCUT2D eigenvalue weighted by atomic mass is 10.4. The number of hydrogen-bond donors (Lipinski definition) is 1. The van der Waals surface area contributed by atoms with Crippen molar-refractivity contribution in [3.05, 3.63) is 22.4 Å². The van der Waals surface area contributed by atoms with Crippen molar-refractivity contribution in [2.24, 2.45) is 0 Å². The van der Waals surface area contributed by atoms with E-state index in [-0.39, 0.29) is 0 Å². The standard InChI is InChI=1S/C11H14N2S2/c1-3-6-12-11-13-9(7-14-11)10-5-4-8(2)15-10/h4-5,7H,3,6H2,1-2H3,(H,12,13). The van der Waals surface area contributed by atoms with E-state index in [9.17, 15) is 0 Å². The van der Waals surface area contributed by atoms with E-state index in [1.807, 2.05) is 0 Å². The van der Waals surface area contributed by atoms with E-state index in [2.05, 4.69) is 41.7 Å². The summed E-state index contributed by atoms with van der Waals surface area (Å²) in [6.07, 6.45) is 1.13. The largest absolute Gasteiger partial charge is 0.362 e. The molecule has 1 N–H and O–H groups in total. The molecular weight excluding hydrogens is 224 g/mol. The van der Waals surface area contributed by atoms with Gasteiger partial charge in [0.25, 0.3) is 0 Å². The van der Waals surface area contributed by atoms with Crippen LogP contribution in [-0.4, -0.2) is 11.5 Å². The number of thiophene rings is 1. The first-order valence-corrected chi connectivity index (χ1v) is 6.75. The molecule has 0 saturated heterocycles. The molecule has 4 heteroatoms. The summed E-state index contributed by atoms with van der Waals surface area (Å²) in [7, 11) is 0. The minimum Gasteiger partial charge on any atom is -0.362 e. The highest BCUT2D eigenvalue weighted by molar-refractivity contribution is 7.16. The van der Waals surface area contributed by atoms with Gasteiger partial charge in [-0.3, -0.25) is 0 Å². The summed E-state index contributed by atoms with van der Waals surface area (Å²) in [5.74, 6) is 0. The molecule has 0 aliphatic rings. The number of rotatable bonds is 4. The van der Waals surface area contributed by atoms with Crippen molar-refractivity contribution in [1.82, 2.24) is 4.98 Å².